The normalized spacial score (nSPS) is 11.9. The second kappa shape index (κ2) is 11.1. The molecule has 0 aliphatic heterocycles. The molecule has 0 aliphatic rings. The Kier molecular flexibility index (Phi) is 6.22. The molecule has 51 heavy (non-hydrogen) atoms. The van der Waals surface area contributed by atoms with E-state index in [0.717, 1.165) is 0 Å². The molecule has 1 heteroatoms. The van der Waals surface area contributed by atoms with E-state index in [1.54, 1.807) is 0 Å². The number of hydrogen-bond acceptors (Lipinski definition) is 1. The zero-order chi connectivity index (χ0) is 33.5. The van der Waals surface area contributed by atoms with E-state index in [1.807, 2.05) is 11.3 Å². The maximum atomic E-state index is 2.41. The summed E-state index contributed by atoms with van der Waals surface area (Å²) in [4.78, 5) is 0. The smallest absolute Gasteiger partial charge is 0.0433 e. The minimum atomic E-state index is 1.25. The van der Waals surface area contributed by atoms with Gasteiger partial charge in [0.1, 0.15) is 0 Å². The molecule has 0 aliphatic carbocycles. The predicted octanol–water partition coefficient (Wildman–Crippen LogP) is 14.8. The van der Waals surface area contributed by atoms with Crippen molar-refractivity contribution in [3.8, 4) is 33.4 Å². The number of fused-ring (bicyclic) bond motifs is 9. The van der Waals surface area contributed by atoms with Gasteiger partial charge in [0.25, 0.3) is 0 Å². The van der Waals surface area contributed by atoms with Crippen LogP contribution < -0.4 is 0 Å². The van der Waals surface area contributed by atoms with Crippen LogP contribution in [0.5, 0.6) is 0 Å². The van der Waals surface area contributed by atoms with Crippen LogP contribution in [0.2, 0.25) is 0 Å². The molecule has 0 fully saturated rings. The summed E-state index contributed by atoms with van der Waals surface area (Å²) < 4.78 is 2.70. The fourth-order valence-corrected chi connectivity index (χ4v) is 9.81. The first-order chi connectivity index (χ1) is 25.3. The van der Waals surface area contributed by atoms with Gasteiger partial charge < -0.3 is 0 Å². The van der Waals surface area contributed by atoms with Gasteiger partial charge in [-0.15, -0.1) is 11.3 Å². The van der Waals surface area contributed by atoms with Gasteiger partial charge in [-0.3, -0.25) is 0 Å². The Labute approximate surface area is 299 Å². The Morgan fingerprint density at radius 2 is 0.765 bits per heavy atom. The first-order valence-corrected chi connectivity index (χ1v) is 18.4. The van der Waals surface area contributed by atoms with E-state index in [9.17, 15) is 0 Å². The number of hydrogen-bond donors (Lipinski definition) is 0. The van der Waals surface area contributed by atoms with Crippen molar-refractivity contribution in [1.29, 1.82) is 0 Å². The van der Waals surface area contributed by atoms with Crippen LogP contribution >= 0.6 is 11.3 Å². The molecule has 1 aromatic heterocycles. The number of benzene rings is 10. The molecule has 0 bridgehead atoms. The minimum absolute atomic E-state index is 1.25. The lowest BCUT2D eigenvalue weighted by atomic mass is 9.83. The number of thiophene rings is 1. The third kappa shape index (κ3) is 4.26. The first kappa shape index (κ1) is 28.5. The highest BCUT2D eigenvalue weighted by atomic mass is 32.1. The van der Waals surface area contributed by atoms with E-state index in [1.165, 1.54) is 107 Å². The van der Waals surface area contributed by atoms with Crippen LogP contribution in [-0.4, -0.2) is 0 Å². The van der Waals surface area contributed by atoms with Crippen LogP contribution in [0.25, 0.3) is 107 Å². The van der Waals surface area contributed by atoms with Gasteiger partial charge >= 0.3 is 0 Å². The fraction of sp³-hybridized carbons (Fsp3) is 0. The molecule has 11 aromatic rings. The summed E-state index contributed by atoms with van der Waals surface area (Å²) in [6.45, 7) is 0. The van der Waals surface area contributed by atoms with E-state index in [0.29, 0.717) is 0 Å². The van der Waals surface area contributed by atoms with Crippen molar-refractivity contribution in [1.82, 2.24) is 0 Å². The molecular formula is C50H30S. The van der Waals surface area contributed by atoms with Gasteiger partial charge in [0, 0.05) is 20.2 Å². The van der Waals surface area contributed by atoms with Gasteiger partial charge in [-0.1, -0.05) is 170 Å². The first-order valence-electron chi connectivity index (χ1n) is 17.6. The van der Waals surface area contributed by atoms with Crippen LogP contribution in [0.3, 0.4) is 0 Å². The van der Waals surface area contributed by atoms with Crippen LogP contribution in [0, 0.1) is 0 Å². The highest BCUT2D eigenvalue weighted by molar-refractivity contribution is 7.26. The molecule has 236 valence electrons. The molecule has 10 aromatic carbocycles. The van der Waals surface area contributed by atoms with Gasteiger partial charge in [0.05, 0.1) is 0 Å². The van der Waals surface area contributed by atoms with Gasteiger partial charge in [-0.25, -0.2) is 0 Å². The molecule has 0 saturated carbocycles. The monoisotopic (exact) mass is 662 g/mol. The summed E-state index contributed by atoms with van der Waals surface area (Å²) in [6, 6.07) is 67.5. The highest BCUT2D eigenvalue weighted by Crippen LogP contribution is 2.48. The Morgan fingerprint density at radius 1 is 0.275 bits per heavy atom. The SMILES string of the molecule is c1ccc2c(-c3c4ccccc4c(-c4ccc(-c5ccc6sc7c8ccccc8ccc7c6c5)c5ccccc45)c4ccccc34)cccc2c1. The molecule has 0 spiro atoms. The van der Waals surface area contributed by atoms with Gasteiger partial charge in [-0.05, 0) is 99.4 Å². The lowest BCUT2D eigenvalue weighted by molar-refractivity contribution is 1.67. The molecule has 0 radical (unpaired) electrons. The molecule has 0 N–H and O–H groups in total. The second-order valence-electron chi connectivity index (χ2n) is 13.6. The molecule has 0 nitrogen and oxygen atoms in total. The summed E-state index contributed by atoms with van der Waals surface area (Å²) in [7, 11) is 0. The highest BCUT2D eigenvalue weighted by Gasteiger charge is 2.20. The van der Waals surface area contributed by atoms with Crippen molar-refractivity contribution in [3.63, 3.8) is 0 Å². The third-order valence-corrected chi connectivity index (χ3v) is 12.1. The van der Waals surface area contributed by atoms with Gasteiger partial charge in [0.2, 0.25) is 0 Å². The van der Waals surface area contributed by atoms with Crippen molar-refractivity contribution in [3.05, 3.63) is 182 Å². The largest absolute Gasteiger partial charge is 0.135 e. The summed E-state index contributed by atoms with van der Waals surface area (Å²) >= 11 is 1.90. The van der Waals surface area contributed by atoms with Gasteiger partial charge in [0.15, 0.2) is 0 Å². The molecule has 0 unspecified atom stereocenters. The lowest BCUT2D eigenvalue weighted by Crippen LogP contribution is -1.93. The van der Waals surface area contributed by atoms with Crippen molar-refractivity contribution in [2.24, 2.45) is 0 Å². The molecule has 0 saturated heterocycles. The van der Waals surface area contributed by atoms with Crippen molar-refractivity contribution < 1.29 is 0 Å². The Bertz CT molecular complexity index is 3130. The molecule has 0 amide bonds. The standard InChI is InChI=1S/C50H30S/c1-3-15-34-31(12-1)14-11-23-39(34)48-40-19-7-9-21-42(40)49(43-22-10-8-20-41(43)48)44-28-27-35(37-17-5-6-18-38(37)44)33-25-29-47-46(30-33)45-26-24-32-13-2-4-16-36(32)50(45)51-47/h1-30H. The van der Waals surface area contributed by atoms with Crippen molar-refractivity contribution >= 4 is 85.4 Å². The number of rotatable bonds is 3. The zero-order valence-corrected chi connectivity index (χ0v) is 28.5. The Morgan fingerprint density at radius 3 is 1.43 bits per heavy atom. The van der Waals surface area contributed by atoms with Crippen LogP contribution in [0.4, 0.5) is 0 Å². The summed E-state index contributed by atoms with van der Waals surface area (Å²) in [5, 5.41) is 15.5. The van der Waals surface area contributed by atoms with Crippen molar-refractivity contribution in [2.45, 2.75) is 0 Å². The van der Waals surface area contributed by atoms with E-state index < -0.39 is 0 Å². The van der Waals surface area contributed by atoms with Crippen molar-refractivity contribution in [2.75, 3.05) is 0 Å². The average Bonchev–Trinajstić information content (AvgIpc) is 3.58. The molecular weight excluding hydrogens is 633 g/mol. The maximum Gasteiger partial charge on any atom is 0.0433 e. The van der Waals surface area contributed by atoms with Gasteiger partial charge in [-0.2, -0.15) is 0 Å². The Balaban J connectivity index is 1.17. The zero-order valence-electron chi connectivity index (χ0n) is 27.7. The summed E-state index contributed by atoms with van der Waals surface area (Å²) in [5.74, 6) is 0. The fourth-order valence-electron chi connectivity index (χ4n) is 8.59. The van der Waals surface area contributed by atoms with E-state index >= 15 is 0 Å². The van der Waals surface area contributed by atoms with E-state index in [2.05, 4.69) is 182 Å². The minimum Gasteiger partial charge on any atom is -0.135 e. The van der Waals surface area contributed by atoms with Crippen LogP contribution in [-0.2, 0) is 0 Å². The van der Waals surface area contributed by atoms with Crippen LogP contribution in [0.15, 0.2) is 182 Å². The summed E-state index contributed by atoms with van der Waals surface area (Å²) in [5.41, 5.74) is 7.64. The topological polar surface area (TPSA) is 0 Å². The van der Waals surface area contributed by atoms with E-state index in [4.69, 9.17) is 0 Å². The second-order valence-corrected chi connectivity index (χ2v) is 14.6. The molecule has 0 atom stereocenters. The Hall–Kier alpha value is -6.28. The van der Waals surface area contributed by atoms with Crippen LogP contribution in [0.1, 0.15) is 0 Å². The molecule has 1 heterocycles. The third-order valence-electron chi connectivity index (χ3n) is 10.9. The average molecular weight is 663 g/mol. The maximum absolute atomic E-state index is 2.41. The molecule has 11 rings (SSSR count). The predicted molar refractivity (Wildman–Crippen MR) is 223 cm³/mol. The quantitative estimate of drug-likeness (QED) is 0.165. The lowest BCUT2D eigenvalue weighted by Gasteiger charge is -2.20. The van der Waals surface area contributed by atoms with E-state index in [-0.39, 0.29) is 0 Å². The summed E-state index contributed by atoms with van der Waals surface area (Å²) in [6.07, 6.45) is 0.